The molecule has 0 radical (unpaired) electrons. The molecule has 1 heterocycles. The fraction of sp³-hybridized carbons (Fsp3) is 0.525. The van der Waals surface area contributed by atoms with Crippen LogP contribution in [-0.2, 0) is 6.42 Å². The van der Waals surface area contributed by atoms with Gasteiger partial charge in [-0.05, 0) is 98.7 Å². The average Bonchev–Trinajstić information content (AvgIpc) is 3.58. The second-order valence-electron chi connectivity index (χ2n) is 15.8. The van der Waals surface area contributed by atoms with Gasteiger partial charge in [-0.2, -0.15) is 0 Å². The zero-order valence-corrected chi connectivity index (χ0v) is 27.8. The maximum absolute atomic E-state index is 14.9. The van der Waals surface area contributed by atoms with E-state index < -0.39 is 11.0 Å². The molecular weight excluding hydrogens is 575 g/mol. The third kappa shape index (κ3) is 4.09. The zero-order valence-electron chi connectivity index (χ0n) is 27.0. The summed E-state index contributed by atoms with van der Waals surface area (Å²) in [4.78, 5) is 18.0. The van der Waals surface area contributed by atoms with Gasteiger partial charge >= 0.3 is 0 Å². The van der Waals surface area contributed by atoms with Crippen molar-refractivity contribution in [2.75, 3.05) is 20.1 Å². The highest BCUT2D eigenvalue weighted by Crippen LogP contribution is 2.78. The Bertz CT molecular complexity index is 1680. The Balaban J connectivity index is 1.19. The van der Waals surface area contributed by atoms with Crippen molar-refractivity contribution >= 4 is 27.2 Å². The van der Waals surface area contributed by atoms with E-state index >= 15 is 0 Å². The van der Waals surface area contributed by atoms with E-state index in [-0.39, 0.29) is 34.1 Å². The van der Waals surface area contributed by atoms with Crippen molar-refractivity contribution in [2.24, 2.45) is 33.5 Å². The van der Waals surface area contributed by atoms with Crippen LogP contribution in [-0.4, -0.2) is 52.7 Å². The Hall–Kier alpha value is -2.57. The molecule has 0 amide bonds. The van der Waals surface area contributed by atoms with E-state index in [1.54, 1.807) is 11.3 Å². The molecule has 2 bridgehead atoms. The Morgan fingerprint density at radius 3 is 2.44 bits per heavy atom. The van der Waals surface area contributed by atoms with E-state index in [1.165, 1.54) is 5.56 Å². The van der Waals surface area contributed by atoms with Crippen LogP contribution in [0.25, 0.3) is 10.1 Å². The molecule has 4 nitrogen and oxygen atoms in total. The van der Waals surface area contributed by atoms with Gasteiger partial charge in [-0.1, -0.05) is 80.6 Å². The van der Waals surface area contributed by atoms with Gasteiger partial charge in [0.05, 0.1) is 16.6 Å². The summed E-state index contributed by atoms with van der Waals surface area (Å²) in [7, 11) is 2.15. The number of Topliss-reactive ketones (excluding diaryl/α,β-unsaturated/α-hetero) is 1. The second-order valence-corrected chi connectivity index (χ2v) is 16.8. The van der Waals surface area contributed by atoms with Crippen molar-refractivity contribution in [1.29, 1.82) is 0 Å². The van der Waals surface area contributed by atoms with Crippen LogP contribution in [0.4, 0.5) is 0 Å². The summed E-state index contributed by atoms with van der Waals surface area (Å²) >= 11 is 1.61. The molecule has 3 aromatic rings. The van der Waals surface area contributed by atoms with E-state index in [2.05, 4.69) is 92.6 Å². The average molecular weight is 622 g/mol. The Kier molecular flexibility index (Phi) is 6.76. The number of aliphatic hydroxyl groups is 2. The van der Waals surface area contributed by atoms with Gasteiger partial charge in [0, 0.05) is 39.6 Å². The maximum Gasteiger partial charge on any atom is 0.199 e. The molecule has 8 atom stereocenters. The summed E-state index contributed by atoms with van der Waals surface area (Å²) in [6.07, 6.45) is 13.9. The number of thiophene rings is 1. The summed E-state index contributed by atoms with van der Waals surface area (Å²) in [6.45, 7) is 6.35. The van der Waals surface area contributed by atoms with Crippen LogP contribution in [0.2, 0.25) is 0 Å². The van der Waals surface area contributed by atoms with E-state index in [4.69, 9.17) is 0 Å². The number of carbonyl (C=O) groups excluding carboxylic acids is 1. The van der Waals surface area contributed by atoms with Crippen LogP contribution in [0.3, 0.4) is 0 Å². The Morgan fingerprint density at radius 1 is 0.933 bits per heavy atom. The summed E-state index contributed by atoms with van der Waals surface area (Å²) in [5.74, 6) is 0.655. The third-order valence-electron chi connectivity index (χ3n) is 13.8. The van der Waals surface area contributed by atoms with Gasteiger partial charge in [-0.15, -0.1) is 11.3 Å². The molecule has 9 rings (SSSR count). The number of rotatable bonds is 7. The zero-order chi connectivity index (χ0) is 31.2. The number of aliphatic hydroxyl groups excluding tert-OH is 1. The molecule has 6 aliphatic rings. The third-order valence-corrected chi connectivity index (χ3v) is 14.9. The molecule has 0 saturated heterocycles. The number of nitrogens with zero attached hydrogens (tertiary/aromatic N) is 1. The van der Waals surface area contributed by atoms with Crippen LogP contribution >= 0.6 is 11.3 Å². The van der Waals surface area contributed by atoms with Crippen LogP contribution in [0.15, 0.2) is 84.5 Å². The number of carbonyl (C=O) groups is 1. The lowest BCUT2D eigenvalue weighted by atomic mass is 9.32. The first-order valence-corrected chi connectivity index (χ1v) is 18.0. The fourth-order valence-corrected chi connectivity index (χ4v) is 12.3. The molecule has 236 valence electrons. The quantitative estimate of drug-likeness (QED) is 0.208. The minimum atomic E-state index is -0.821. The smallest absolute Gasteiger partial charge is 0.199 e. The number of benzene rings is 2. The molecule has 6 aliphatic carbocycles. The van der Waals surface area contributed by atoms with Crippen molar-refractivity contribution in [3.05, 3.63) is 94.9 Å². The number of likely N-dealkylation sites (N-methyl/N-ethyl adjacent to an activating group) is 1. The molecule has 2 N–H and O–H groups in total. The van der Waals surface area contributed by atoms with Gasteiger partial charge in [0.1, 0.15) is 0 Å². The first kappa shape index (κ1) is 29.8. The van der Waals surface area contributed by atoms with Crippen molar-refractivity contribution in [3.8, 4) is 0 Å². The van der Waals surface area contributed by atoms with Crippen molar-refractivity contribution in [2.45, 2.75) is 76.9 Å². The molecule has 1 unspecified atom stereocenters. The summed E-state index contributed by atoms with van der Waals surface area (Å²) in [5, 5.41) is 24.8. The monoisotopic (exact) mass is 621 g/mol. The van der Waals surface area contributed by atoms with E-state index in [0.717, 1.165) is 72.0 Å². The normalized spacial score (nSPS) is 39.9. The number of hydrogen-bond donors (Lipinski definition) is 2. The maximum atomic E-state index is 14.9. The molecule has 45 heavy (non-hydrogen) atoms. The van der Waals surface area contributed by atoms with Gasteiger partial charge < -0.3 is 15.1 Å². The van der Waals surface area contributed by atoms with Gasteiger partial charge in [0.2, 0.25) is 0 Å². The highest BCUT2D eigenvalue weighted by Gasteiger charge is 2.74. The molecule has 2 aromatic carbocycles. The van der Waals surface area contributed by atoms with Crippen LogP contribution < -0.4 is 0 Å². The largest absolute Gasteiger partial charge is 0.393 e. The van der Waals surface area contributed by atoms with Crippen LogP contribution in [0.5, 0.6) is 0 Å². The first-order valence-electron chi connectivity index (χ1n) is 17.1. The molecule has 0 aliphatic heterocycles. The molecular formula is C40H47NO3S. The van der Waals surface area contributed by atoms with Crippen molar-refractivity contribution in [3.63, 3.8) is 0 Å². The van der Waals surface area contributed by atoms with Crippen molar-refractivity contribution < 1.29 is 15.0 Å². The lowest BCUT2D eigenvalue weighted by molar-refractivity contribution is -0.175. The van der Waals surface area contributed by atoms with Crippen LogP contribution in [0.1, 0.15) is 74.0 Å². The lowest BCUT2D eigenvalue weighted by Gasteiger charge is -2.71. The summed E-state index contributed by atoms with van der Waals surface area (Å²) < 4.78 is 1.14. The van der Waals surface area contributed by atoms with Gasteiger partial charge in [-0.25, -0.2) is 0 Å². The molecule has 2 spiro atoms. The topological polar surface area (TPSA) is 60.8 Å². The standard InChI is InChI=1S/C40H47NO3S/c1-36-17-13-29(42)24-38(36)20-21-40(30(25-38)35(43)32-23-28-11-7-8-12-31(28)45-32)33(36)14-18-37(2)34(40)15-19-39(37,44)26-41(3)22-16-27-9-5-4-6-10-27/h4-12,20-21,23,25,29,33-34,42,44H,13-19,22,24,26H2,1-3H3/t29?,33-,34-,36-,37+,38+,39-,40-/m1/s1. The van der Waals surface area contributed by atoms with E-state index in [0.29, 0.717) is 18.9 Å². The summed E-state index contributed by atoms with van der Waals surface area (Å²) in [6, 6.07) is 21.0. The number of ketones is 1. The number of allylic oxidation sites excluding steroid dienone is 4. The van der Waals surface area contributed by atoms with E-state index in [9.17, 15) is 15.0 Å². The molecule has 3 saturated carbocycles. The predicted molar refractivity (Wildman–Crippen MR) is 182 cm³/mol. The lowest BCUT2D eigenvalue weighted by Crippen LogP contribution is -2.67. The minimum absolute atomic E-state index is 0.0145. The second kappa shape index (κ2) is 10.2. The molecule has 3 fully saturated rings. The highest BCUT2D eigenvalue weighted by atomic mass is 32.1. The number of fused-ring (bicyclic) bond motifs is 2. The van der Waals surface area contributed by atoms with Gasteiger partial charge in [-0.3, -0.25) is 4.79 Å². The summed E-state index contributed by atoms with van der Waals surface area (Å²) in [5.41, 5.74) is 0.411. The number of hydrogen-bond acceptors (Lipinski definition) is 5. The van der Waals surface area contributed by atoms with Crippen molar-refractivity contribution in [1.82, 2.24) is 4.90 Å². The predicted octanol–water partition coefficient (Wildman–Crippen LogP) is 7.85. The van der Waals surface area contributed by atoms with E-state index in [1.807, 2.05) is 12.1 Å². The fourth-order valence-electron chi connectivity index (χ4n) is 11.3. The molecule has 1 aromatic heterocycles. The first-order chi connectivity index (χ1) is 21.5. The molecule has 5 heteroatoms. The Labute approximate surface area is 271 Å². The minimum Gasteiger partial charge on any atom is -0.393 e. The van der Waals surface area contributed by atoms with Gasteiger partial charge in [0.15, 0.2) is 5.78 Å². The highest BCUT2D eigenvalue weighted by molar-refractivity contribution is 7.21. The Morgan fingerprint density at radius 2 is 1.64 bits per heavy atom. The van der Waals surface area contributed by atoms with Crippen LogP contribution in [0, 0.1) is 33.5 Å². The van der Waals surface area contributed by atoms with Gasteiger partial charge in [0.25, 0.3) is 0 Å². The SMILES string of the molecule is CN(CCc1ccccc1)C[C@]1(O)CC[C@H]2[C@]34C=C[C@@]5(C=C3C(=O)c3cc6ccccc6s3)CC(O)CC[C@]5(C)[C@H]4CC[C@@]21C.